The number of halogens is 2. The third-order valence-electron chi connectivity index (χ3n) is 1.15. The predicted octanol–water partition coefficient (Wildman–Crippen LogP) is 2.39. The zero-order valence-corrected chi connectivity index (χ0v) is 11.2. The van der Waals surface area contributed by atoms with Crippen LogP contribution in [0, 0.1) is 3.57 Å². The second-order valence-electron chi connectivity index (χ2n) is 2.34. The van der Waals surface area contributed by atoms with E-state index in [0.717, 1.165) is 9.83 Å². The Kier molecular flexibility index (Phi) is 3.58. The lowest BCUT2D eigenvalue weighted by Crippen LogP contribution is -2.07. The zero-order valence-electron chi connectivity index (χ0n) is 6.62. The van der Waals surface area contributed by atoms with Gasteiger partial charge in [-0.25, -0.2) is 0 Å². The average Bonchev–Trinajstić information content (AvgIpc) is 1.95. The summed E-state index contributed by atoms with van der Waals surface area (Å²) < 4.78 is 27.9. The van der Waals surface area contributed by atoms with Crippen LogP contribution in [0.25, 0.3) is 0 Å². The van der Waals surface area contributed by atoms with Gasteiger partial charge in [-0.2, -0.15) is 8.42 Å². The summed E-state index contributed by atoms with van der Waals surface area (Å²) >= 11 is 5.21. The number of hydrogen-bond donors (Lipinski definition) is 0. The molecule has 0 fully saturated rings. The largest absolute Gasteiger partial charge is 0.380 e. The molecule has 0 saturated heterocycles. The monoisotopic (exact) mass is 376 g/mol. The Bertz CT molecular complexity index is 395. The molecule has 13 heavy (non-hydrogen) atoms. The van der Waals surface area contributed by atoms with Gasteiger partial charge < -0.3 is 4.18 Å². The Labute approximate surface area is 98.9 Å². The van der Waals surface area contributed by atoms with Gasteiger partial charge >= 0.3 is 10.1 Å². The number of rotatable bonds is 2. The normalized spacial score (nSPS) is 11.3. The first-order chi connectivity index (χ1) is 5.90. The fraction of sp³-hybridized carbons (Fsp3) is 0.143. The number of benzene rings is 1. The van der Waals surface area contributed by atoms with Crippen molar-refractivity contribution in [3.05, 3.63) is 26.2 Å². The Morgan fingerprint density at radius 1 is 1.46 bits per heavy atom. The van der Waals surface area contributed by atoms with Crippen LogP contribution in [0.3, 0.4) is 0 Å². The minimum atomic E-state index is -3.46. The number of hydrogen-bond acceptors (Lipinski definition) is 3. The Hall–Kier alpha value is 0.180. The maximum absolute atomic E-state index is 10.9. The highest BCUT2D eigenvalue weighted by atomic mass is 127. The molecule has 0 aromatic heterocycles. The van der Waals surface area contributed by atoms with Crippen LogP contribution in [0.2, 0.25) is 0 Å². The molecule has 0 aliphatic heterocycles. The van der Waals surface area contributed by atoms with Gasteiger partial charge in [-0.15, -0.1) is 0 Å². The van der Waals surface area contributed by atoms with Crippen molar-refractivity contribution in [1.29, 1.82) is 0 Å². The molecule has 0 aliphatic rings. The smallest absolute Gasteiger partial charge is 0.306 e. The van der Waals surface area contributed by atoms with Gasteiger partial charge in [0.15, 0.2) is 5.75 Å². The third-order valence-corrected chi connectivity index (χ3v) is 3.10. The quantitative estimate of drug-likeness (QED) is 0.588. The first-order valence-electron chi connectivity index (χ1n) is 3.23. The minimum Gasteiger partial charge on any atom is -0.380 e. The van der Waals surface area contributed by atoms with Crippen molar-refractivity contribution in [3.63, 3.8) is 0 Å². The maximum Gasteiger partial charge on any atom is 0.306 e. The highest BCUT2D eigenvalue weighted by Gasteiger charge is 2.11. The van der Waals surface area contributed by atoms with Gasteiger partial charge in [-0.3, -0.25) is 0 Å². The van der Waals surface area contributed by atoms with Gasteiger partial charge in [0.1, 0.15) is 0 Å². The maximum atomic E-state index is 10.9. The van der Waals surface area contributed by atoms with Gasteiger partial charge in [-0.05, 0) is 50.7 Å². The summed E-state index contributed by atoms with van der Waals surface area (Å²) in [6, 6.07) is 5.30. The lowest BCUT2D eigenvalue weighted by molar-refractivity contribution is 0.490. The van der Waals surface area contributed by atoms with Crippen molar-refractivity contribution in [3.8, 4) is 5.75 Å². The molecule has 0 bridgehead atoms. The van der Waals surface area contributed by atoms with E-state index in [2.05, 4.69) is 15.9 Å². The fourth-order valence-electron chi connectivity index (χ4n) is 0.714. The van der Waals surface area contributed by atoms with E-state index in [0.29, 0.717) is 10.2 Å². The first kappa shape index (κ1) is 11.3. The molecule has 1 aromatic rings. The number of para-hydroxylation sites is 1. The first-order valence-corrected chi connectivity index (χ1v) is 6.92. The van der Waals surface area contributed by atoms with E-state index in [4.69, 9.17) is 4.18 Å². The van der Waals surface area contributed by atoms with Crippen molar-refractivity contribution in [2.75, 3.05) is 6.26 Å². The highest BCUT2D eigenvalue weighted by molar-refractivity contribution is 14.1. The summed E-state index contributed by atoms with van der Waals surface area (Å²) in [6.45, 7) is 0. The molecule has 0 unspecified atom stereocenters. The molecule has 0 aliphatic carbocycles. The van der Waals surface area contributed by atoms with Crippen LogP contribution in [0.5, 0.6) is 5.75 Å². The predicted molar refractivity (Wildman–Crippen MR) is 62.3 cm³/mol. The molecule has 72 valence electrons. The molecule has 0 atom stereocenters. The van der Waals surface area contributed by atoms with Crippen LogP contribution >= 0.6 is 38.5 Å². The van der Waals surface area contributed by atoms with Crippen molar-refractivity contribution in [1.82, 2.24) is 0 Å². The molecule has 0 N–H and O–H groups in total. The van der Waals surface area contributed by atoms with Crippen molar-refractivity contribution in [2.45, 2.75) is 0 Å². The van der Waals surface area contributed by atoms with Crippen LogP contribution in [0.1, 0.15) is 0 Å². The van der Waals surface area contributed by atoms with E-state index in [1.54, 1.807) is 18.2 Å². The third kappa shape index (κ3) is 3.43. The average molecular weight is 377 g/mol. The molecule has 0 radical (unpaired) electrons. The van der Waals surface area contributed by atoms with Crippen molar-refractivity contribution >= 4 is 48.6 Å². The molecule has 0 saturated carbocycles. The second-order valence-corrected chi connectivity index (χ2v) is 5.93. The van der Waals surface area contributed by atoms with E-state index in [9.17, 15) is 8.42 Å². The molecular weight excluding hydrogens is 371 g/mol. The summed E-state index contributed by atoms with van der Waals surface area (Å²) in [5, 5.41) is 0. The Balaban J connectivity index is 3.15. The van der Waals surface area contributed by atoms with Crippen LogP contribution in [-0.2, 0) is 10.1 Å². The summed E-state index contributed by atoms with van der Waals surface area (Å²) in [7, 11) is -3.46. The lowest BCUT2D eigenvalue weighted by atomic mass is 10.3. The van der Waals surface area contributed by atoms with Crippen molar-refractivity contribution < 1.29 is 12.6 Å². The summed E-state index contributed by atoms with van der Waals surface area (Å²) in [5.41, 5.74) is 0. The lowest BCUT2D eigenvalue weighted by Gasteiger charge is -2.06. The van der Waals surface area contributed by atoms with Crippen LogP contribution in [0.4, 0.5) is 0 Å². The molecule has 0 heterocycles. The summed E-state index contributed by atoms with van der Waals surface area (Å²) in [4.78, 5) is 0. The Morgan fingerprint density at radius 3 is 2.54 bits per heavy atom. The molecule has 0 spiro atoms. The SMILES string of the molecule is CS(=O)(=O)Oc1c(Br)cccc1I. The minimum absolute atomic E-state index is 0.339. The summed E-state index contributed by atoms with van der Waals surface area (Å²) in [6.07, 6.45) is 1.02. The van der Waals surface area contributed by atoms with Gasteiger partial charge in [0.25, 0.3) is 0 Å². The van der Waals surface area contributed by atoms with Crippen LogP contribution < -0.4 is 4.18 Å². The standard InChI is InChI=1S/C7H6BrIO3S/c1-13(10,11)12-7-5(8)3-2-4-6(7)9/h2-4H,1H3. The van der Waals surface area contributed by atoms with Gasteiger partial charge in [-0.1, -0.05) is 6.07 Å². The summed E-state index contributed by atoms with van der Waals surface area (Å²) in [5.74, 6) is 0.339. The van der Waals surface area contributed by atoms with E-state index in [1.165, 1.54) is 0 Å². The molecule has 6 heteroatoms. The van der Waals surface area contributed by atoms with Gasteiger partial charge in [0.2, 0.25) is 0 Å². The van der Waals surface area contributed by atoms with E-state index < -0.39 is 10.1 Å². The van der Waals surface area contributed by atoms with Crippen molar-refractivity contribution in [2.24, 2.45) is 0 Å². The van der Waals surface area contributed by atoms with E-state index >= 15 is 0 Å². The fourth-order valence-corrected chi connectivity index (χ4v) is 2.88. The zero-order chi connectivity index (χ0) is 10.1. The molecule has 0 amide bonds. The van der Waals surface area contributed by atoms with Crippen LogP contribution in [-0.4, -0.2) is 14.7 Å². The topological polar surface area (TPSA) is 43.4 Å². The van der Waals surface area contributed by atoms with Crippen LogP contribution in [0.15, 0.2) is 22.7 Å². The van der Waals surface area contributed by atoms with E-state index in [1.807, 2.05) is 22.6 Å². The molecule has 3 nitrogen and oxygen atoms in total. The van der Waals surface area contributed by atoms with Gasteiger partial charge in [0.05, 0.1) is 14.3 Å². The molecule has 1 rings (SSSR count). The van der Waals surface area contributed by atoms with E-state index in [-0.39, 0.29) is 0 Å². The van der Waals surface area contributed by atoms with Gasteiger partial charge in [0, 0.05) is 0 Å². The molecule has 1 aromatic carbocycles. The molecular formula is C7H6BrIO3S. The second kappa shape index (κ2) is 4.14. The highest BCUT2D eigenvalue weighted by Crippen LogP contribution is 2.30. The Morgan fingerprint density at radius 2 is 2.08 bits per heavy atom.